The first kappa shape index (κ1) is 14.2. The second kappa shape index (κ2) is 6.79. The largest absolute Gasteiger partial charge is 0.296 e. The molecule has 2 heterocycles. The van der Waals surface area contributed by atoms with Gasteiger partial charge in [0.1, 0.15) is 5.51 Å². The molecule has 0 saturated heterocycles. The molecular formula is C13H10N4OS3. The van der Waals surface area contributed by atoms with E-state index >= 15 is 0 Å². The summed E-state index contributed by atoms with van der Waals surface area (Å²) in [6, 6.07) is 7.51. The molecule has 5 nitrogen and oxygen atoms in total. The first-order chi connectivity index (χ1) is 10.3. The number of carbonyl (C=O) groups excluding carboxylic acids is 1. The molecule has 1 aromatic carbocycles. The zero-order valence-electron chi connectivity index (χ0n) is 10.7. The van der Waals surface area contributed by atoms with Crippen molar-refractivity contribution in [3.05, 3.63) is 51.9 Å². The van der Waals surface area contributed by atoms with Gasteiger partial charge in [-0.1, -0.05) is 23.5 Å². The van der Waals surface area contributed by atoms with Crippen LogP contribution in [0.3, 0.4) is 0 Å². The number of thiazole rings is 1. The molecule has 0 unspecified atom stereocenters. The van der Waals surface area contributed by atoms with E-state index in [0.29, 0.717) is 10.7 Å². The number of nitrogens with zero attached hydrogens (tertiary/aromatic N) is 3. The Morgan fingerprint density at radius 2 is 2.19 bits per heavy atom. The smallest absolute Gasteiger partial charge is 0.258 e. The third kappa shape index (κ3) is 3.66. The highest BCUT2D eigenvalue weighted by atomic mass is 32.2. The Hall–Kier alpha value is -1.77. The molecule has 0 saturated carbocycles. The van der Waals surface area contributed by atoms with E-state index in [1.807, 2.05) is 29.1 Å². The van der Waals surface area contributed by atoms with E-state index < -0.39 is 0 Å². The first-order valence-electron chi connectivity index (χ1n) is 5.99. The Balaban J connectivity index is 1.74. The minimum atomic E-state index is -0.173. The zero-order chi connectivity index (χ0) is 14.5. The average Bonchev–Trinajstić information content (AvgIpc) is 3.18. The van der Waals surface area contributed by atoms with Crippen LogP contribution in [-0.2, 0) is 5.75 Å². The van der Waals surface area contributed by atoms with Crippen molar-refractivity contribution in [3.63, 3.8) is 0 Å². The predicted octanol–water partition coefficient (Wildman–Crippen LogP) is 3.54. The lowest BCUT2D eigenvalue weighted by Crippen LogP contribution is -2.12. The molecule has 0 spiro atoms. The van der Waals surface area contributed by atoms with E-state index in [0.717, 1.165) is 16.3 Å². The summed E-state index contributed by atoms with van der Waals surface area (Å²) >= 11 is 4.46. The number of thioether (sulfide) groups is 1. The van der Waals surface area contributed by atoms with Crippen LogP contribution in [0.1, 0.15) is 16.1 Å². The van der Waals surface area contributed by atoms with Gasteiger partial charge in [0.25, 0.3) is 5.91 Å². The average molecular weight is 334 g/mol. The number of hydrogen-bond acceptors (Lipinski definition) is 7. The van der Waals surface area contributed by atoms with Gasteiger partial charge in [-0.25, -0.2) is 4.98 Å². The Bertz CT molecular complexity index is 713. The number of hydrogen-bond donors (Lipinski definition) is 1. The molecule has 2 aromatic heterocycles. The molecule has 3 rings (SSSR count). The molecule has 0 atom stereocenters. The third-order valence-electron chi connectivity index (χ3n) is 2.57. The molecule has 0 bridgehead atoms. The van der Waals surface area contributed by atoms with Gasteiger partial charge in [0.15, 0.2) is 0 Å². The topological polar surface area (TPSA) is 67.8 Å². The molecule has 21 heavy (non-hydrogen) atoms. The number of carbonyl (C=O) groups is 1. The van der Waals surface area contributed by atoms with E-state index in [-0.39, 0.29) is 5.91 Å². The van der Waals surface area contributed by atoms with E-state index in [1.54, 1.807) is 34.7 Å². The Kier molecular flexibility index (Phi) is 4.59. The van der Waals surface area contributed by atoms with Crippen LogP contribution >= 0.6 is 34.4 Å². The maximum absolute atomic E-state index is 12.3. The molecular weight excluding hydrogens is 324 g/mol. The number of nitrogens with one attached hydrogen (secondary N) is 1. The van der Waals surface area contributed by atoms with E-state index in [2.05, 4.69) is 20.5 Å². The molecule has 1 N–H and O–H groups in total. The van der Waals surface area contributed by atoms with Crippen molar-refractivity contribution >= 4 is 45.5 Å². The van der Waals surface area contributed by atoms with Crippen LogP contribution in [0.25, 0.3) is 0 Å². The summed E-state index contributed by atoms with van der Waals surface area (Å²) in [5.41, 5.74) is 5.04. The lowest BCUT2D eigenvalue weighted by Gasteiger charge is -2.07. The van der Waals surface area contributed by atoms with Crippen molar-refractivity contribution in [2.75, 3.05) is 5.32 Å². The minimum absolute atomic E-state index is 0.173. The highest BCUT2D eigenvalue weighted by Gasteiger charge is 2.13. The van der Waals surface area contributed by atoms with Crippen molar-refractivity contribution in [2.24, 2.45) is 0 Å². The summed E-state index contributed by atoms with van der Waals surface area (Å²) in [6.07, 6.45) is 0. The molecule has 0 aliphatic heterocycles. The van der Waals surface area contributed by atoms with Gasteiger partial charge in [-0.3, -0.25) is 10.1 Å². The molecule has 0 aliphatic carbocycles. The predicted molar refractivity (Wildman–Crippen MR) is 86.0 cm³/mol. The van der Waals surface area contributed by atoms with E-state index in [4.69, 9.17) is 0 Å². The van der Waals surface area contributed by atoms with Crippen LogP contribution in [0.5, 0.6) is 0 Å². The number of amides is 1. The Morgan fingerprint density at radius 3 is 2.95 bits per heavy atom. The summed E-state index contributed by atoms with van der Waals surface area (Å²) in [7, 11) is 0. The fraction of sp³-hybridized carbons (Fsp3) is 0.0769. The van der Waals surface area contributed by atoms with Gasteiger partial charge >= 0.3 is 0 Å². The SMILES string of the molecule is O=C(Nc1nncs1)c1ccccc1SCc1cscn1. The summed E-state index contributed by atoms with van der Waals surface area (Å²) < 4.78 is 0. The molecule has 3 aromatic rings. The Morgan fingerprint density at radius 1 is 1.29 bits per heavy atom. The fourth-order valence-corrected chi connectivity index (χ4v) is 3.69. The second-order valence-corrected chi connectivity index (χ2v) is 6.53. The van der Waals surface area contributed by atoms with Crippen LogP contribution in [0.2, 0.25) is 0 Å². The van der Waals surface area contributed by atoms with E-state index in [9.17, 15) is 4.79 Å². The summed E-state index contributed by atoms with van der Waals surface area (Å²) in [5, 5.41) is 12.8. The van der Waals surface area contributed by atoms with Gasteiger partial charge in [-0.2, -0.15) is 0 Å². The first-order valence-corrected chi connectivity index (χ1v) is 8.80. The number of benzene rings is 1. The van der Waals surface area contributed by atoms with Crippen LogP contribution in [0.15, 0.2) is 45.6 Å². The third-order valence-corrected chi connectivity index (χ3v) is 4.92. The standard InChI is InChI=1S/C13H10N4OS3/c18-12(16-13-17-15-8-21-13)10-3-1-2-4-11(10)20-6-9-5-19-7-14-9/h1-5,7-8H,6H2,(H,16,17,18). The van der Waals surface area contributed by atoms with Crippen molar-refractivity contribution in [3.8, 4) is 0 Å². The lowest BCUT2D eigenvalue weighted by atomic mass is 10.2. The normalized spacial score (nSPS) is 10.5. The minimum Gasteiger partial charge on any atom is -0.296 e. The number of rotatable bonds is 5. The lowest BCUT2D eigenvalue weighted by molar-refractivity contribution is 0.102. The summed E-state index contributed by atoms with van der Waals surface area (Å²) in [5.74, 6) is 0.570. The van der Waals surface area contributed by atoms with Gasteiger partial charge in [0.2, 0.25) is 5.13 Å². The zero-order valence-corrected chi connectivity index (χ0v) is 13.2. The summed E-state index contributed by atoms with van der Waals surface area (Å²) in [6.45, 7) is 0. The molecule has 0 radical (unpaired) electrons. The van der Waals surface area contributed by atoms with Crippen LogP contribution in [0.4, 0.5) is 5.13 Å². The van der Waals surface area contributed by atoms with Crippen molar-refractivity contribution in [1.29, 1.82) is 0 Å². The maximum Gasteiger partial charge on any atom is 0.258 e. The van der Waals surface area contributed by atoms with Gasteiger partial charge in [0.05, 0.1) is 16.8 Å². The Labute approximate surface area is 133 Å². The molecule has 0 aliphatic rings. The van der Waals surface area contributed by atoms with Gasteiger partial charge in [-0.15, -0.1) is 33.3 Å². The fourth-order valence-electron chi connectivity index (χ4n) is 1.63. The molecule has 0 fully saturated rings. The van der Waals surface area contributed by atoms with Crippen molar-refractivity contribution < 1.29 is 4.79 Å². The second-order valence-electron chi connectivity index (χ2n) is 3.96. The van der Waals surface area contributed by atoms with Gasteiger partial charge < -0.3 is 0 Å². The number of anilines is 1. The van der Waals surface area contributed by atoms with Crippen LogP contribution in [-0.4, -0.2) is 21.1 Å². The quantitative estimate of drug-likeness (QED) is 0.723. The van der Waals surface area contributed by atoms with Crippen LogP contribution in [0, 0.1) is 0 Å². The monoisotopic (exact) mass is 334 g/mol. The van der Waals surface area contributed by atoms with Crippen LogP contribution < -0.4 is 5.32 Å². The highest BCUT2D eigenvalue weighted by Crippen LogP contribution is 2.27. The highest BCUT2D eigenvalue weighted by molar-refractivity contribution is 7.98. The molecule has 8 heteroatoms. The molecule has 106 valence electrons. The van der Waals surface area contributed by atoms with Gasteiger partial charge in [0, 0.05) is 16.0 Å². The number of aromatic nitrogens is 3. The maximum atomic E-state index is 12.3. The van der Waals surface area contributed by atoms with Crippen molar-refractivity contribution in [1.82, 2.24) is 15.2 Å². The van der Waals surface area contributed by atoms with Gasteiger partial charge in [-0.05, 0) is 12.1 Å². The molecule has 1 amide bonds. The van der Waals surface area contributed by atoms with E-state index in [1.165, 1.54) is 11.3 Å². The summed E-state index contributed by atoms with van der Waals surface area (Å²) in [4.78, 5) is 17.5. The van der Waals surface area contributed by atoms with Crippen molar-refractivity contribution in [2.45, 2.75) is 10.6 Å².